The molecule has 0 saturated heterocycles. The Hall–Kier alpha value is -2.08. The highest BCUT2D eigenvalue weighted by Gasteiger charge is 2.11. The predicted molar refractivity (Wildman–Crippen MR) is 96.7 cm³/mol. The van der Waals surface area contributed by atoms with Crippen LogP contribution in [0.1, 0.15) is 44.5 Å². The summed E-state index contributed by atoms with van der Waals surface area (Å²) in [6, 6.07) is 7.64. The number of hydrogen-bond donors (Lipinski definition) is 1. The van der Waals surface area contributed by atoms with E-state index in [0.717, 1.165) is 28.3 Å². The molecule has 1 N–H and O–H groups in total. The number of ether oxygens (including phenoxy) is 1. The van der Waals surface area contributed by atoms with Gasteiger partial charge in [-0.25, -0.2) is 0 Å². The molecule has 0 unspecified atom stereocenters. The van der Waals surface area contributed by atoms with Crippen molar-refractivity contribution in [3.05, 3.63) is 50.6 Å². The fourth-order valence-corrected chi connectivity index (χ4v) is 3.15. The smallest absolute Gasteiger partial charge is 0.307 e. The van der Waals surface area contributed by atoms with Gasteiger partial charge in [0.2, 0.25) is 5.91 Å². The molecule has 0 aliphatic heterocycles. The summed E-state index contributed by atoms with van der Waals surface area (Å²) in [4.78, 5) is 23.7. The van der Waals surface area contributed by atoms with E-state index in [4.69, 9.17) is 4.74 Å². The first-order chi connectivity index (χ1) is 11.4. The van der Waals surface area contributed by atoms with Gasteiger partial charge in [0.05, 0.1) is 12.1 Å². The Labute approximate surface area is 146 Å². The first kappa shape index (κ1) is 18.3. The van der Waals surface area contributed by atoms with Gasteiger partial charge in [-0.3, -0.25) is 9.59 Å². The Balaban J connectivity index is 1.88. The minimum Gasteiger partial charge on any atom is -0.491 e. The van der Waals surface area contributed by atoms with E-state index in [-0.39, 0.29) is 29.3 Å². The molecule has 0 radical (unpaired) electrons. The Morgan fingerprint density at radius 2 is 1.92 bits per heavy atom. The molecule has 1 amide bonds. The van der Waals surface area contributed by atoms with Crippen LogP contribution in [0, 0.1) is 6.92 Å². The molecule has 1 aromatic heterocycles. The van der Waals surface area contributed by atoms with Gasteiger partial charge in [0.1, 0.15) is 5.75 Å². The van der Waals surface area contributed by atoms with Crippen LogP contribution in [0.2, 0.25) is 0 Å². The summed E-state index contributed by atoms with van der Waals surface area (Å²) < 4.78 is 7.25. The number of thiazole rings is 1. The van der Waals surface area contributed by atoms with E-state index < -0.39 is 0 Å². The number of rotatable bonds is 7. The number of nitrogens with one attached hydrogen (secondary N) is 1. The Bertz CT molecular complexity index is 731. The number of hydrogen-bond acceptors (Lipinski definition) is 4. The van der Waals surface area contributed by atoms with Crippen molar-refractivity contribution in [2.45, 2.75) is 52.8 Å². The molecule has 2 aromatic rings. The standard InChI is InChI=1S/C18H24N2O3S/c1-12(2)23-16-7-5-15(6-8-16)14(4)19-17(21)9-10-20-13(3)11-24-18(20)22/h5-8,11-12,14H,9-10H2,1-4H3,(H,19,21)/t14-/m0/s1. The van der Waals surface area contributed by atoms with E-state index in [9.17, 15) is 9.59 Å². The maximum absolute atomic E-state index is 12.1. The molecule has 1 heterocycles. The van der Waals surface area contributed by atoms with Gasteiger partial charge >= 0.3 is 4.87 Å². The molecule has 1 atom stereocenters. The summed E-state index contributed by atoms with van der Waals surface area (Å²) in [5.74, 6) is 0.752. The highest BCUT2D eigenvalue weighted by molar-refractivity contribution is 7.07. The largest absolute Gasteiger partial charge is 0.491 e. The van der Waals surface area contributed by atoms with Crippen LogP contribution in [0.5, 0.6) is 5.75 Å². The molecule has 0 spiro atoms. The van der Waals surface area contributed by atoms with Gasteiger partial charge in [0.25, 0.3) is 0 Å². The molecular formula is C18H24N2O3S. The van der Waals surface area contributed by atoms with Gasteiger partial charge in [-0.05, 0) is 45.4 Å². The van der Waals surface area contributed by atoms with E-state index in [1.165, 1.54) is 0 Å². The summed E-state index contributed by atoms with van der Waals surface area (Å²) in [6.45, 7) is 8.19. The lowest BCUT2D eigenvalue weighted by Crippen LogP contribution is -2.28. The summed E-state index contributed by atoms with van der Waals surface area (Å²) in [7, 11) is 0. The maximum atomic E-state index is 12.1. The average molecular weight is 348 g/mol. The second-order valence-corrected chi connectivity index (χ2v) is 6.89. The predicted octanol–water partition coefficient (Wildman–Crippen LogP) is 3.27. The molecule has 24 heavy (non-hydrogen) atoms. The Morgan fingerprint density at radius 3 is 2.46 bits per heavy atom. The van der Waals surface area contributed by atoms with Crippen LogP contribution in [0.3, 0.4) is 0 Å². The van der Waals surface area contributed by atoms with Crippen LogP contribution >= 0.6 is 11.3 Å². The zero-order chi connectivity index (χ0) is 17.7. The maximum Gasteiger partial charge on any atom is 0.307 e. The van der Waals surface area contributed by atoms with E-state index in [1.54, 1.807) is 4.57 Å². The zero-order valence-electron chi connectivity index (χ0n) is 14.5. The number of benzene rings is 1. The van der Waals surface area contributed by atoms with Crippen molar-refractivity contribution in [1.82, 2.24) is 9.88 Å². The van der Waals surface area contributed by atoms with Crippen molar-refractivity contribution in [3.63, 3.8) is 0 Å². The van der Waals surface area contributed by atoms with Gasteiger partial charge in [-0.1, -0.05) is 23.5 Å². The lowest BCUT2D eigenvalue weighted by Gasteiger charge is -2.16. The lowest BCUT2D eigenvalue weighted by molar-refractivity contribution is -0.121. The molecule has 130 valence electrons. The van der Waals surface area contributed by atoms with Gasteiger partial charge in [0.15, 0.2) is 0 Å². The highest BCUT2D eigenvalue weighted by atomic mass is 32.1. The number of aromatic nitrogens is 1. The SMILES string of the molecule is Cc1csc(=O)n1CCC(=O)N[C@@H](C)c1ccc(OC(C)C)cc1. The van der Waals surface area contributed by atoms with E-state index in [0.29, 0.717) is 6.54 Å². The summed E-state index contributed by atoms with van der Waals surface area (Å²) in [6.07, 6.45) is 0.424. The third-order valence-electron chi connectivity index (χ3n) is 3.67. The van der Waals surface area contributed by atoms with Crippen LogP contribution in [0.15, 0.2) is 34.4 Å². The fraction of sp³-hybridized carbons (Fsp3) is 0.444. The van der Waals surface area contributed by atoms with Crippen molar-refractivity contribution in [1.29, 1.82) is 0 Å². The van der Waals surface area contributed by atoms with Crippen molar-refractivity contribution in [2.24, 2.45) is 0 Å². The third-order valence-corrected chi connectivity index (χ3v) is 4.55. The van der Waals surface area contributed by atoms with Crippen molar-refractivity contribution >= 4 is 17.2 Å². The number of carbonyl (C=O) groups excluding carboxylic acids is 1. The minimum absolute atomic E-state index is 0.0194. The zero-order valence-corrected chi connectivity index (χ0v) is 15.4. The number of amides is 1. The molecule has 2 rings (SSSR count). The first-order valence-electron chi connectivity index (χ1n) is 8.07. The second kappa shape index (κ2) is 8.15. The van der Waals surface area contributed by atoms with Crippen molar-refractivity contribution < 1.29 is 9.53 Å². The Kier molecular flexibility index (Phi) is 6.20. The van der Waals surface area contributed by atoms with Crippen LogP contribution in [-0.2, 0) is 11.3 Å². The van der Waals surface area contributed by atoms with E-state index >= 15 is 0 Å². The topological polar surface area (TPSA) is 60.3 Å². The fourth-order valence-electron chi connectivity index (χ4n) is 2.39. The van der Waals surface area contributed by atoms with Crippen molar-refractivity contribution in [3.8, 4) is 5.75 Å². The van der Waals surface area contributed by atoms with Gasteiger partial charge in [0, 0.05) is 24.0 Å². The molecule has 0 aliphatic carbocycles. The summed E-state index contributed by atoms with van der Waals surface area (Å²) >= 11 is 1.16. The van der Waals surface area contributed by atoms with E-state index in [2.05, 4.69) is 5.32 Å². The van der Waals surface area contributed by atoms with Crippen molar-refractivity contribution in [2.75, 3.05) is 0 Å². The number of nitrogens with zero attached hydrogens (tertiary/aromatic N) is 1. The molecule has 6 heteroatoms. The number of aryl methyl sites for hydroxylation is 1. The number of carbonyl (C=O) groups is 1. The normalized spacial score (nSPS) is 12.2. The molecule has 0 saturated carbocycles. The molecule has 0 bridgehead atoms. The van der Waals surface area contributed by atoms with E-state index in [1.807, 2.05) is 57.3 Å². The van der Waals surface area contributed by atoms with Gasteiger partial charge < -0.3 is 14.6 Å². The lowest BCUT2D eigenvalue weighted by atomic mass is 10.1. The van der Waals surface area contributed by atoms with Crippen LogP contribution in [0.4, 0.5) is 0 Å². The van der Waals surface area contributed by atoms with Gasteiger partial charge in [-0.2, -0.15) is 0 Å². The van der Waals surface area contributed by atoms with Crippen LogP contribution in [-0.4, -0.2) is 16.6 Å². The quantitative estimate of drug-likeness (QED) is 0.835. The second-order valence-electron chi connectivity index (χ2n) is 6.07. The summed E-state index contributed by atoms with van der Waals surface area (Å²) in [5.41, 5.74) is 1.91. The minimum atomic E-state index is -0.0918. The molecule has 0 fully saturated rings. The molecule has 1 aromatic carbocycles. The Morgan fingerprint density at radius 1 is 1.25 bits per heavy atom. The molecular weight excluding hydrogens is 324 g/mol. The van der Waals surface area contributed by atoms with Gasteiger partial charge in [-0.15, -0.1) is 0 Å². The monoisotopic (exact) mass is 348 g/mol. The molecule has 0 aliphatic rings. The molecule has 5 nitrogen and oxygen atoms in total. The first-order valence-corrected chi connectivity index (χ1v) is 8.95. The average Bonchev–Trinajstić information content (AvgIpc) is 2.84. The summed E-state index contributed by atoms with van der Waals surface area (Å²) in [5, 5.41) is 4.78. The van der Waals surface area contributed by atoms with Crippen LogP contribution < -0.4 is 14.9 Å². The third kappa shape index (κ3) is 4.96. The van der Waals surface area contributed by atoms with Crippen LogP contribution in [0.25, 0.3) is 0 Å². The highest BCUT2D eigenvalue weighted by Crippen LogP contribution is 2.18.